The van der Waals surface area contributed by atoms with Crippen molar-refractivity contribution in [1.82, 2.24) is 0 Å². The number of azo groups is 1. The molecule has 1 N–H and O–H groups in total. The molecule has 0 aliphatic heterocycles. The van der Waals surface area contributed by atoms with Crippen LogP contribution in [-0.4, -0.2) is 16.9 Å². The molecule has 3 heteroatoms. The van der Waals surface area contributed by atoms with Gasteiger partial charge in [0, 0.05) is 6.42 Å². The standard InChI is InChI=1S/C18H22N2O/c1-15(13-16-9-5-3-6-10-16)19-20-18(2,21)14-17-11-7-4-8-12-17/h3-12,15,21H,13-14H2,1-2H3/b20-19+. The molecule has 0 bridgehead atoms. The van der Waals surface area contributed by atoms with E-state index in [1.54, 1.807) is 6.92 Å². The predicted molar refractivity (Wildman–Crippen MR) is 85.2 cm³/mol. The molecule has 0 aliphatic rings. The molecule has 21 heavy (non-hydrogen) atoms. The first-order valence-corrected chi connectivity index (χ1v) is 7.27. The van der Waals surface area contributed by atoms with Gasteiger partial charge in [-0.15, -0.1) is 0 Å². The maximum atomic E-state index is 10.3. The fraction of sp³-hybridized carbons (Fsp3) is 0.333. The lowest BCUT2D eigenvalue weighted by molar-refractivity contribution is 0.0605. The Hall–Kier alpha value is -2.00. The molecule has 0 spiro atoms. The van der Waals surface area contributed by atoms with Gasteiger partial charge in [-0.05, 0) is 31.4 Å². The molecule has 3 nitrogen and oxygen atoms in total. The third-order valence-electron chi connectivity index (χ3n) is 3.23. The summed E-state index contributed by atoms with van der Waals surface area (Å²) in [6.45, 7) is 3.70. The van der Waals surface area contributed by atoms with Gasteiger partial charge in [-0.2, -0.15) is 10.2 Å². The first-order chi connectivity index (χ1) is 10.1. The van der Waals surface area contributed by atoms with Crippen LogP contribution in [0.4, 0.5) is 0 Å². The molecular formula is C18H22N2O. The van der Waals surface area contributed by atoms with Crippen LogP contribution in [0.15, 0.2) is 70.9 Å². The van der Waals surface area contributed by atoms with Crippen molar-refractivity contribution in [3.05, 3.63) is 71.8 Å². The predicted octanol–water partition coefficient (Wildman–Crippen LogP) is 4.02. The molecule has 110 valence electrons. The summed E-state index contributed by atoms with van der Waals surface area (Å²) in [7, 11) is 0. The van der Waals surface area contributed by atoms with Crippen LogP contribution in [0.25, 0.3) is 0 Å². The summed E-state index contributed by atoms with van der Waals surface area (Å²) >= 11 is 0. The highest BCUT2D eigenvalue weighted by Gasteiger charge is 2.20. The third kappa shape index (κ3) is 5.48. The number of hydrogen-bond donors (Lipinski definition) is 1. The van der Waals surface area contributed by atoms with E-state index in [-0.39, 0.29) is 6.04 Å². The highest BCUT2D eigenvalue weighted by molar-refractivity contribution is 5.17. The summed E-state index contributed by atoms with van der Waals surface area (Å²) in [5.74, 6) is 0. The maximum Gasteiger partial charge on any atom is 0.177 e. The smallest absolute Gasteiger partial charge is 0.177 e. The van der Waals surface area contributed by atoms with Crippen LogP contribution in [0.1, 0.15) is 25.0 Å². The number of nitrogens with zero attached hydrogens (tertiary/aromatic N) is 2. The molecule has 0 aliphatic carbocycles. The van der Waals surface area contributed by atoms with Gasteiger partial charge >= 0.3 is 0 Å². The first-order valence-electron chi connectivity index (χ1n) is 7.27. The summed E-state index contributed by atoms with van der Waals surface area (Å²) in [4.78, 5) is 0. The Kier molecular flexibility index (Phi) is 5.23. The number of benzene rings is 2. The van der Waals surface area contributed by atoms with Crippen LogP contribution in [0.2, 0.25) is 0 Å². The Morgan fingerprint density at radius 1 is 0.952 bits per heavy atom. The molecule has 2 aromatic rings. The summed E-state index contributed by atoms with van der Waals surface area (Å²) in [5.41, 5.74) is 1.12. The van der Waals surface area contributed by atoms with E-state index in [1.807, 2.05) is 55.5 Å². The van der Waals surface area contributed by atoms with Crippen molar-refractivity contribution in [1.29, 1.82) is 0 Å². The van der Waals surface area contributed by atoms with Gasteiger partial charge < -0.3 is 5.11 Å². The second-order valence-corrected chi connectivity index (χ2v) is 5.63. The number of rotatable bonds is 6. The van der Waals surface area contributed by atoms with E-state index in [9.17, 15) is 5.11 Å². The molecule has 2 aromatic carbocycles. The van der Waals surface area contributed by atoms with Crippen molar-refractivity contribution in [2.45, 2.75) is 38.5 Å². The lowest BCUT2D eigenvalue weighted by atomic mass is 10.1. The second-order valence-electron chi connectivity index (χ2n) is 5.63. The van der Waals surface area contributed by atoms with E-state index >= 15 is 0 Å². The van der Waals surface area contributed by atoms with E-state index < -0.39 is 5.72 Å². The minimum atomic E-state index is -1.16. The van der Waals surface area contributed by atoms with Gasteiger partial charge in [-0.25, -0.2) is 0 Å². The van der Waals surface area contributed by atoms with E-state index in [4.69, 9.17) is 0 Å². The normalized spacial score (nSPS) is 15.8. The van der Waals surface area contributed by atoms with Gasteiger partial charge in [0.1, 0.15) is 0 Å². The Morgan fingerprint density at radius 2 is 1.48 bits per heavy atom. The molecule has 0 saturated carbocycles. The molecule has 2 rings (SSSR count). The third-order valence-corrected chi connectivity index (χ3v) is 3.23. The van der Waals surface area contributed by atoms with Crippen molar-refractivity contribution in [3.8, 4) is 0 Å². The maximum absolute atomic E-state index is 10.3. The van der Waals surface area contributed by atoms with Gasteiger partial charge in [-0.1, -0.05) is 60.7 Å². The van der Waals surface area contributed by atoms with Gasteiger partial charge in [-0.3, -0.25) is 0 Å². The average molecular weight is 282 g/mol. The van der Waals surface area contributed by atoms with Crippen molar-refractivity contribution < 1.29 is 5.11 Å². The monoisotopic (exact) mass is 282 g/mol. The fourth-order valence-electron chi connectivity index (χ4n) is 2.24. The number of aliphatic hydroxyl groups is 1. The molecule has 0 saturated heterocycles. The van der Waals surface area contributed by atoms with Gasteiger partial charge in [0.25, 0.3) is 0 Å². The highest BCUT2D eigenvalue weighted by atomic mass is 16.3. The van der Waals surface area contributed by atoms with E-state index in [0.29, 0.717) is 6.42 Å². The zero-order chi connectivity index (χ0) is 15.1. The summed E-state index contributed by atoms with van der Waals surface area (Å²) in [5, 5.41) is 18.7. The van der Waals surface area contributed by atoms with Crippen molar-refractivity contribution in [2.75, 3.05) is 0 Å². The molecule has 2 unspecified atom stereocenters. The van der Waals surface area contributed by atoms with Crippen molar-refractivity contribution >= 4 is 0 Å². The quantitative estimate of drug-likeness (QED) is 0.799. The Morgan fingerprint density at radius 3 is 2.05 bits per heavy atom. The molecule has 0 amide bonds. The molecular weight excluding hydrogens is 260 g/mol. The van der Waals surface area contributed by atoms with Crippen molar-refractivity contribution in [3.63, 3.8) is 0 Å². The van der Waals surface area contributed by atoms with Crippen LogP contribution in [0.5, 0.6) is 0 Å². The average Bonchev–Trinajstić information content (AvgIpc) is 2.47. The van der Waals surface area contributed by atoms with Crippen LogP contribution in [-0.2, 0) is 12.8 Å². The minimum Gasteiger partial charge on any atom is -0.368 e. The minimum absolute atomic E-state index is 0.0506. The summed E-state index contributed by atoms with van der Waals surface area (Å²) in [6.07, 6.45) is 1.29. The van der Waals surface area contributed by atoms with Crippen LogP contribution >= 0.6 is 0 Å². The van der Waals surface area contributed by atoms with Gasteiger partial charge in [0.05, 0.1) is 6.04 Å². The molecule has 2 atom stereocenters. The van der Waals surface area contributed by atoms with Gasteiger partial charge in [0.2, 0.25) is 0 Å². The van der Waals surface area contributed by atoms with E-state index in [0.717, 1.165) is 12.0 Å². The van der Waals surface area contributed by atoms with E-state index in [1.165, 1.54) is 5.56 Å². The second kappa shape index (κ2) is 7.14. The summed E-state index contributed by atoms with van der Waals surface area (Å²) in [6, 6.07) is 20.1. The molecule has 0 fully saturated rings. The Balaban J connectivity index is 1.92. The lowest BCUT2D eigenvalue weighted by Crippen LogP contribution is -2.24. The van der Waals surface area contributed by atoms with Crippen molar-refractivity contribution in [2.24, 2.45) is 10.2 Å². The Labute approximate surface area is 126 Å². The first kappa shape index (κ1) is 15.4. The zero-order valence-corrected chi connectivity index (χ0v) is 12.6. The van der Waals surface area contributed by atoms with E-state index in [2.05, 4.69) is 22.4 Å². The zero-order valence-electron chi connectivity index (χ0n) is 12.6. The van der Waals surface area contributed by atoms with Crippen LogP contribution < -0.4 is 0 Å². The highest BCUT2D eigenvalue weighted by Crippen LogP contribution is 2.16. The SMILES string of the molecule is CC(Cc1ccccc1)/N=N/C(C)(O)Cc1ccccc1. The Bertz CT molecular complexity index is 564. The molecule has 0 radical (unpaired) electrons. The van der Waals surface area contributed by atoms with Gasteiger partial charge in [0.15, 0.2) is 5.72 Å². The molecule has 0 heterocycles. The molecule has 0 aromatic heterocycles. The number of hydrogen-bond acceptors (Lipinski definition) is 3. The lowest BCUT2D eigenvalue weighted by Gasteiger charge is -2.17. The summed E-state index contributed by atoms with van der Waals surface area (Å²) < 4.78 is 0. The largest absolute Gasteiger partial charge is 0.368 e. The topological polar surface area (TPSA) is 45.0 Å². The van der Waals surface area contributed by atoms with Crippen LogP contribution in [0.3, 0.4) is 0 Å². The fourth-order valence-corrected chi connectivity index (χ4v) is 2.24. The van der Waals surface area contributed by atoms with Crippen LogP contribution in [0, 0.1) is 0 Å².